The Morgan fingerprint density at radius 1 is 0.524 bits per heavy atom. The summed E-state index contributed by atoms with van der Waals surface area (Å²) in [5.74, 6) is 0.775. The number of hydrogen-bond donors (Lipinski definition) is 0. The third-order valence-electron chi connectivity index (χ3n) is 7.25. The topological polar surface area (TPSA) is 46.2 Å². The molecule has 0 bridgehead atoms. The highest BCUT2D eigenvalue weighted by atomic mass is 16.6. The molecule has 1 fully saturated rings. The van der Waals surface area contributed by atoms with Gasteiger partial charge in [-0.25, -0.2) is 0 Å². The van der Waals surface area contributed by atoms with Crippen molar-refractivity contribution in [1.29, 1.82) is 0 Å². The van der Waals surface area contributed by atoms with Gasteiger partial charge >= 0.3 is 0 Å². The van der Waals surface area contributed by atoms with Gasteiger partial charge in [-0.05, 0) is 41.7 Å². The van der Waals surface area contributed by atoms with E-state index < -0.39 is 18.3 Å². The summed E-state index contributed by atoms with van der Waals surface area (Å²) in [6.45, 7) is 6.21. The average molecular weight is 565 g/mol. The molecule has 0 aliphatic carbocycles. The summed E-state index contributed by atoms with van der Waals surface area (Å²) in [7, 11) is 0. The van der Waals surface area contributed by atoms with Crippen molar-refractivity contribution in [2.24, 2.45) is 0 Å². The number of ether oxygens (including phenoxy) is 5. The molecule has 0 saturated carbocycles. The van der Waals surface area contributed by atoms with Gasteiger partial charge in [-0.3, -0.25) is 0 Å². The van der Waals surface area contributed by atoms with Gasteiger partial charge in [0.15, 0.2) is 6.10 Å². The van der Waals surface area contributed by atoms with Crippen LogP contribution in [-0.2, 0) is 50.1 Å². The zero-order chi connectivity index (χ0) is 29.0. The van der Waals surface area contributed by atoms with Crippen LogP contribution in [0.25, 0.3) is 0 Å². The normalized spacial score (nSPS) is 20.2. The minimum atomic E-state index is -0.454. The first-order chi connectivity index (χ1) is 20.7. The molecule has 0 amide bonds. The molecule has 4 aromatic rings. The van der Waals surface area contributed by atoms with Crippen LogP contribution in [0.1, 0.15) is 36.1 Å². The van der Waals surface area contributed by atoms with Crippen molar-refractivity contribution >= 4 is 0 Å². The Labute approximate surface area is 249 Å². The summed E-state index contributed by atoms with van der Waals surface area (Å²) in [5, 5.41) is 0. The largest absolute Gasteiger partial charge is 0.487 e. The molecule has 5 heteroatoms. The summed E-state index contributed by atoms with van der Waals surface area (Å²) in [5.41, 5.74) is 5.40. The van der Waals surface area contributed by atoms with Crippen LogP contribution in [0.15, 0.2) is 133 Å². The first-order valence-electron chi connectivity index (χ1n) is 14.6. The molecule has 1 saturated heterocycles. The van der Waals surface area contributed by atoms with Crippen LogP contribution >= 0.6 is 0 Å². The summed E-state index contributed by atoms with van der Waals surface area (Å²) in [6.07, 6.45) is -1.71. The zero-order valence-corrected chi connectivity index (χ0v) is 24.4. The van der Waals surface area contributed by atoms with E-state index >= 15 is 0 Å². The summed E-state index contributed by atoms with van der Waals surface area (Å²) in [4.78, 5) is 0. The maximum Gasteiger partial charge on any atom is 0.150 e. The molecule has 0 N–H and O–H groups in total. The molecule has 1 aliphatic rings. The van der Waals surface area contributed by atoms with Crippen molar-refractivity contribution in [3.8, 4) is 0 Å². The zero-order valence-electron chi connectivity index (χ0n) is 24.4. The smallest absolute Gasteiger partial charge is 0.150 e. The van der Waals surface area contributed by atoms with Crippen LogP contribution in [0.4, 0.5) is 0 Å². The second kappa shape index (κ2) is 15.5. The highest BCUT2D eigenvalue weighted by Crippen LogP contribution is 2.34. The maximum absolute atomic E-state index is 6.73. The molecule has 218 valence electrons. The van der Waals surface area contributed by atoms with E-state index in [1.807, 2.05) is 72.8 Å². The van der Waals surface area contributed by atoms with Gasteiger partial charge in [0.25, 0.3) is 0 Å². The second-order valence-corrected chi connectivity index (χ2v) is 10.8. The van der Waals surface area contributed by atoms with Crippen molar-refractivity contribution in [2.45, 2.75) is 64.7 Å². The fraction of sp³-hybridized carbons (Fsp3) is 0.297. The highest BCUT2D eigenvalue weighted by Gasteiger charge is 2.47. The molecule has 1 aliphatic heterocycles. The third kappa shape index (κ3) is 8.40. The van der Waals surface area contributed by atoms with Crippen LogP contribution < -0.4 is 0 Å². The van der Waals surface area contributed by atoms with Crippen LogP contribution in [0, 0.1) is 0 Å². The Balaban J connectivity index is 1.42. The molecule has 0 radical (unpaired) electrons. The number of allylic oxidation sites excluding steroid dienone is 1. The Kier molecular flexibility index (Phi) is 11.0. The van der Waals surface area contributed by atoms with E-state index in [0.29, 0.717) is 33.0 Å². The first-order valence-corrected chi connectivity index (χ1v) is 14.6. The van der Waals surface area contributed by atoms with Gasteiger partial charge in [0, 0.05) is 0 Å². The van der Waals surface area contributed by atoms with Crippen molar-refractivity contribution in [3.63, 3.8) is 0 Å². The molecule has 4 atom stereocenters. The van der Waals surface area contributed by atoms with E-state index in [-0.39, 0.29) is 6.10 Å². The maximum atomic E-state index is 6.73. The van der Waals surface area contributed by atoms with Gasteiger partial charge in [-0.1, -0.05) is 121 Å². The molecular weight excluding hydrogens is 524 g/mol. The van der Waals surface area contributed by atoms with Crippen LogP contribution in [0.2, 0.25) is 0 Å². The summed E-state index contributed by atoms with van der Waals surface area (Å²) < 4.78 is 32.9. The fourth-order valence-corrected chi connectivity index (χ4v) is 5.08. The second-order valence-electron chi connectivity index (χ2n) is 10.8. The molecule has 0 aromatic heterocycles. The van der Waals surface area contributed by atoms with Crippen molar-refractivity contribution < 1.29 is 23.7 Å². The minimum Gasteiger partial charge on any atom is -0.487 e. The highest BCUT2D eigenvalue weighted by molar-refractivity contribution is 5.20. The Bertz CT molecular complexity index is 1350. The molecule has 5 nitrogen and oxygen atoms in total. The van der Waals surface area contributed by atoms with Crippen LogP contribution in [-0.4, -0.2) is 31.0 Å². The standard InChI is InChI=1S/C37H40O5/c1-28(2)34-36(40-25-31-19-11-5-12-20-31)37(41-26-32-21-13-6-14-22-32)35(39-24-30-17-9-4-10-18-30)33(42-34)27-38-23-29-15-7-3-8-16-29/h3-22,33,35-37H,23-27H2,1-2H3/t33-,35-,36+,37+/m1/s1. The van der Waals surface area contributed by atoms with Crippen molar-refractivity contribution in [1.82, 2.24) is 0 Å². The molecule has 4 aromatic carbocycles. The lowest BCUT2D eigenvalue weighted by atomic mass is 9.95. The number of hydrogen-bond acceptors (Lipinski definition) is 5. The number of rotatable bonds is 13. The Hall–Kier alpha value is -3.74. The van der Waals surface area contributed by atoms with Crippen LogP contribution in [0.5, 0.6) is 0 Å². The molecule has 5 rings (SSSR count). The van der Waals surface area contributed by atoms with Crippen molar-refractivity contribution in [3.05, 3.63) is 155 Å². The van der Waals surface area contributed by atoms with E-state index in [1.54, 1.807) is 0 Å². The third-order valence-corrected chi connectivity index (χ3v) is 7.25. The average Bonchev–Trinajstić information content (AvgIpc) is 3.04. The minimum absolute atomic E-state index is 0.349. The van der Waals surface area contributed by atoms with E-state index in [0.717, 1.165) is 33.6 Å². The van der Waals surface area contributed by atoms with Gasteiger partial charge in [-0.15, -0.1) is 0 Å². The lowest BCUT2D eigenvalue weighted by molar-refractivity contribution is -0.223. The van der Waals surface area contributed by atoms with E-state index in [4.69, 9.17) is 23.7 Å². The van der Waals surface area contributed by atoms with Gasteiger partial charge in [0.2, 0.25) is 0 Å². The predicted octanol–water partition coefficient (Wildman–Crippen LogP) is 7.65. The molecule has 1 heterocycles. The van der Waals surface area contributed by atoms with Crippen molar-refractivity contribution in [2.75, 3.05) is 6.61 Å². The molecule has 0 unspecified atom stereocenters. The lowest BCUT2D eigenvalue weighted by Crippen LogP contribution is -2.56. The van der Waals surface area contributed by atoms with Gasteiger partial charge in [0.1, 0.15) is 24.1 Å². The van der Waals surface area contributed by atoms with Gasteiger partial charge in [0.05, 0.1) is 33.0 Å². The Morgan fingerprint density at radius 3 is 1.38 bits per heavy atom. The summed E-state index contributed by atoms with van der Waals surface area (Å²) >= 11 is 0. The van der Waals surface area contributed by atoms with Gasteiger partial charge < -0.3 is 23.7 Å². The predicted molar refractivity (Wildman–Crippen MR) is 164 cm³/mol. The monoisotopic (exact) mass is 564 g/mol. The molecule has 42 heavy (non-hydrogen) atoms. The van der Waals surface area contributed by atoms with E-state index in [9.17, 15) is 0 Å². The van der Waals surface area contributed by atoms with Crippen LogP contribution in [0.3, 0.4) is 0 Å². The lowest BCUT2D eigenvalue weighted by Gasteiger charge is -2.44. The fourth-order valence-electron chi connectivity index (χ4n) is 5.08. The number of benzene rings is 4. The van der Waals surface area contributed by atoms with E-state index in [1.165, 1.54) is 0 Å². The molecule has 0 spiro atoms. The first kappa shape index (κ1) is 29.7. The summed E-state index contributed by atoms with van der Waals surface area (Å²) in [6, 6.07) is 40.7. The SMILES string of the molecule is CC(C)=C1O[C@H](COCc2ccccc2)[C@@H](OCc2ccccc2)[C@H](OCc2ccccc2)[C@H]1OCc1ccccc1. The molecular formula is C37H40O5. The Morgan fingerprint density at radius 2 is 0.929 bits per heavy atom. The van der Waals surface area contributed by atoms with E-state index in [2.05, 4.69) is 62.4 Å². The van der Waals surface area contributed by atoms with Gasteiger partial charge in [-0.2, -0.15) is 0 Å². The quantitative estimate of drug-likeness (QED) is 0.167.